The highest BCUT2D eigenvalue weighted by atomic mass is 16.5. The second kappa shape index (κ2) is 11.5. The highest BCUT2D eigenvalue weighted by Crippen LogP contribution is 2.41. The van der Waals surface area contributed by atoms with Crippen LogP contribution in [0.3, 0.4) is 0 Å². The van der Waals surface area contributed by atoms with Crippen LogP contribution in [0.1, 0.15) is 81.3 Å². The Bertz CT molecular complexity index is 1620. The Balaban J connectivity index is 1.50. The first kappa shape index (κ1) is 27.3. The number of aromatic nitrogens is 4. The van der Waals surface area contributed by atoms with E-state index in [2.05, 4.69) is 23.1 Å². The second-order valence-electron chi connectivity index (χ2n) is 10.9. The van der Waals surface area contributed by atoms with Crippen LogP contribution in [0.5, 0.6) is 0 Å². The standard InChI is InChI=1S/C32H35N5O3/c1-4-8-28-27(19-22-11-13-23(14-12-22)26-10-7-6-9-24(26)20-33)29(38)36(31-34-21-35-37(28)31)25-15-17-32(3,18-16-25)30(39)40-5-2/h6-7,9-14,21,25H,4-5,8,15-19H2,1-3H3/t25-,32-. The zero-order valence-electron chi connectivity index (χ0n) is 23.4. The maximum Gasteiger partial charge on any atom is 0.311 e. The predicted octanol–water partition coefficient (Wildman–Crippen LogP) is 5.66. The molecule has 1 aliphatic carbocycles. The van der Waals surface area contributed by atoms with Gasteiger partial charge in [0.25, 0.3) is 5.56 Å². The van der Waals surface area contributed by atoms with Crippen LogP contribution in [0.15, 0.2) is 59.7 Å². The third-order valence-corrected chi connectivity index (χ3v) is 8.20. The SMILES string of the molecule is CCCc1c(Cc2ccc(-c3ccccc3C#N)cc2)c(=O)n([C@H]2CC[C@](C)(C(=O)OCC)CC2)c2ncnn12. The minimum absolute atomic E-state index is 0.0346. The molecule has 1 fully saturated rings. The molecule has 4 aromatic rings. The monoisotopic (exact) mass is 537 g/mol. The Hall–Kier alpha value is -4.25. The summed E-state index contributed by atoms with van der Waals surface area (Å²) >= 11 is 0. The number of ether oxygens (including phenoxy) is 1. The van der Waals surface area contributed by atoms with Gasteiger partial charge in [-0.3, -0.25) is 14.2 Å². The molecule has 40 heavy (non-hydrogen) atoms. The van der Waals surface area contributed by atoms with Crippen molar-refractivity contribution in [3.63, 3.8) is 0 Å². The number of rotatable bonds is 8. The van der Waals surface area contributed by atoms with Crippen molar-refractivity contribution in [2.45, 2.75) is 71.8 Å². The molecule has 0 amide bonds. The highest BCUT2D eigenvalue weighted by molar-refractivity contribution is 5.76. The number of aryl methyl sites for hydroxylation is 1. The zero-order chi connectivity index (χ0) is 28.3. The van der Waals surface area contributed by atoms with Gasteiger partial charge >= 0.3 is 5.97 Å². The molecule has 0 saturated heterocycles. The lowest BCUT2D eigenvalue weighted by Gasteiger charge is -2.36. The molecule has 0 spiro atoms. The molecule has 0 aliphatic heterocycles. The fourth-order valence-corrected chi connectivity index (χ4v) is 5.92. The van der Waals surface area contributed by atoms with E-state index in [0.717, 1.165) is 34.4 Å². The molecule has 206 valence electrons. The number of fused-ring (bicyclic) bond motifs is 1. The first-order chi connectivity index (χ1) is 19.4. The van der Waals surface area contributed by atoms with Gasteiger partial charge in [0.05, 0.1) is 29.3 Å². The molecule has 0 bridgehead atoms. The Kier molecular flexibility index (Phi) is 7.83. The van der Waals surface area contributed by atoms with Crippen LogP contribution in [0.25, 0.3) is 16.9 Å². The fraction of sp³-hybridized carbons (Fsp3) is 0.406. The molecule has 1 saturated carbocycles. The molecular formula is C32H35N5O3. The average molecular weight is 538 g/mol. The summed E-state index contributed by atoms with van der Waals surface area (Å²) in [4.78, 5) is 31.3. The van der Waals surface area contributed by atoms with Crippen molar-refractivity contribution in [2.75, 3.05) is 6.61 Å². The smallest absolute Gasteiger partial charge is 0.311 e. The summed E-state index contributed by atoms with van der Waals surface area (Å²) in [7, 11) is 0. The van der Waals surface area contributed by atoms with Gasteiger partial charge in [-0.2, -0.15) is 15.3 Å². The van der Waals surface area contributed by atoms with Crippen LogP contribution in [-0.2, 0) is 22.4 Å². The van der Waals surface area contributed by atoms with Gasteiger partial charge in [0.15, 0.2) is 0 Å². The Morgan fingerprint density at radius 1 is 1.12 bits per heavy atom. The van der Waals surface area contributed by atoms with E-state index in [0.29, 0.717) is 56.5 Å². The second-order valence-corrected chi connectivity index (χ2v) is 10.9. The third-order valence-electron chi connectivity index (χ3n) is 8.20. The van der Waals surface area contributed by atoms with Gasteiger partial charge in [-0.25, -0.2) is 4.52 Å². The quantitative estimate of drug-likeness (QED) is 0.269. The molecule has 2 heterocycles. The van der Waals surface area contributed by atoms with Gasteiger partial charge in [-0.05, 0) is 68.7 Å². The predicted molar refractivity (Wildman–Crippen MR) is 153 cm³/mol. The molecule has 2 aromatic carbocycles. The fourth-order valence-electron chi connectivity index (χ4n) is 5.92. The summed E-state index contributed by atoms with van der Waals surface area (Å²) in [5.41, 5.74) is 4.55. The Morgan fingerprint density at radius 3 is 2.52 bits per heavy atom. The lowest BCUT2D eigenvalue weighted by molar-refractivity contribution is -0.156. The van der Waals surface area contributed by atoms with Crippen molar-refractivity contribution in [2.24, 2.45) is 5.41 Å². The van der Waals surface area contributed by atoms with E-state index in [1.807, 2.05) is 71.5 Å². The Labute approximate surface area is 234 Å². The van der Waals surface area contributed by atoms with Gasteiger partial charge in [0, 0.05) is 18.0 Å². The van der Waals surface area contributed by atoms with Crippen LogP contribution in [0.4, 0.5) is 0 Å². The number of carbonyl (C=O) groups is 1. The van der Waals surface area contributed by atoms with Crippen molar-refractivity contribution in [1.29, 1.82) is 5.26 Å². The molecule has 0 N–H and O–H groups in total. The van der Waals surface area contributed by atoms with Crippen LogP contribution < -0.4 is 5.56 Å². The van der Waals surface area contributed by atoms with Gasteiger partial charge < -0.3 is 4.74 Å². The van der Waals surface area contributed by atoms with Crippen LogP contribution in [-0.4, -0.2) is 31.7 Å². The maximum atomic E-state index is 14.2. The summed E-state index contributed by atoms with van der Waals surface area (Å²) < 4.78 is 8.97. The summed E-state index contributed by atoms with van der Waals surface area (Å²) in [5.74, 6) is 0.402. The number of nitrogens with zero attached hydrogens (tertiary/aromatic N) is 5. The molecular weight excluding hydrogens is 502 g/mol. The van der Waals surface area contributed by atoms with E-state index in [1.54, 1.807) is 0 Å². The zero-order valence-corrected chi connectivity index (χ0v) is 23.4. The molecule has 1 aliphatic rings. The number of nitriles is 1. The topological polar surface area (TPSA) is 102 Å². The van der Waals surface area contributed by atoms with Gasteiger partial charge in [-0.1, -0.05) is 55.8 Å². The van der Waals surface area contributed by atoms with Gasteiger partial charge in [0.2, 0.25) is 5.78 Å². The Morgan fingerprint density at radius 2 is 1.85 bits per heavy atom. The van der Waals surface area contributed by atoms with E-state index < -0.39 is 5.41 Å². The van der Waals surface area contributed by atoms with Crippen molar-refractivity contribution in [3.8, 4) is 17.2 Å². The van der Waals surface area contributed by atoms with Crippen molar-refractivity contribution in [3.05, 3.63) is 87.6 Å². The normalized spacial score (nSPS) is 18.9. The van der Waals surface area contributed by atoms with Gasteiger partial charge in [0.1, 0.15) is 6.33 Å². The number of benzene rings is 2. The average Bonchev–Trinajstić information content (AvgIpc) is 3.46. The first-order valence-electron chi connectivity index (χ1n) is 14.1. The van der Waals surface area contributed by atoms with E-state index in [-0.39, 0.29) is 17.6 Å². The largest absolute Gasteiger partial charge is 0.466 e. The maximum absolute atomic E-state index is 14.2. The van der Waals surface area contributed by atoms with E-state index in [4.69, 9.17) is 4.74 Å². The summed E-state index contributed by atoms with van der Waals surface area (Å²) in [6.07, 6.45) is 6.26. The van der Waals surface area contributed by atoms with Crippen LogP contribution in [0, 0.1) is 16.7 Å². The lowest BCUT2D eigenvalue weighted by Crippen LogP contribution is -2.38. The molecule has 0 unspecified atom stereocenters. The highest BCUT2D eigenvalue weighted by Gasteiger charge is 2.40. The van der Waals surface area contributed by atoms with E-state index in [9.17, 15) is 14.9 Å². The molecule has 5 rings (SSSR count). The number of esters is 1. The molecule has 8 heteroatoms. The van der Waals surface area contributed by atoms with Crippen molar-refractivity contribution < 1.29 is 9.53 Å². The number of hydrogen-bond acceptors (Lipinski definition) is 6. The van der Waals surface area contributed by atoms with Gasteiger partial charge in [-0.15, -0.1) is 0 Å². The third kappa shape index (κ3) is 5.04. The molecule has 0 radical (unpaired) electrons. The first-order valence-corrected chi connectivity index (χ1v) is 14.1. The van der Waals surface area contributed by atoms with E-state index >= 15 is 0 Å². The van der Waals surface area contributed by atoms with Crippen molar-refractivity contribution >= 4 is 11.7 Å². The van der Waals surface area contributed by atoms with E-state index in [1.165, 1.54) is 6.33 Å². The summed E-state index contributed by atoms with van der Waals surface area (Å²) in [6, 6.07) is 17.8. The lowest BCUT2D eigenvalue weighted by atomic mass is 9.74. The molecule has 8 nitrogen and oxygen atoms in total. The molecule has 2 aromatic heterocycles. The number of carbonyl (C=O) groups excluding carboxylic acids is 1. The minimum Gasteiger partial charge on any atom is -0.466 e. The summed E-state index contributed by atoms with van der Waals surface area (Å²) in [5, 5.41) is 14.0. The molecule has 0 atom stereocenters. The van der Waals surface area contributed by atoms with Crippen LogP contribution >= 0.6 is 0 Å². The summed E-state index contributed by atoms with van der Waals surface area (Å²) in [6.45, 7) is 6.25. The minimum atomic E-state index is -0.531. The number of hydrogen-bond donors (Lipinski definition) is 0. The van der Waals surface area contributed by atoms with Crippen LogP contribution in [0.2, 0.25) is 0 Å². The van der Waals surface area contributed by atoms with Crippen molar-refractivity contribution in [1.82, 2.24) is 19.2 Å².